The van der Waals surface area contributed by atoms with Gasteiger partial charge in [-0.1, -0.05) is 6.92 Å². The Morgan fingerprint density at radius 1 is 1.25 bits per heavy atom. The van der Waals surface area contributed by atoms with Crippen molar-refractivity contribution >= 4 is 32.7 Å². The van der Waals surface area contributed by atoms with E-state index >= 15 is 0 Å². The lowest BCUT2D eigenvalue weighted by molar-refractivity contribution is 0.583. The van der Waals surface area contributed by atoms with Gasteiger partial charge in [0, 0.05) is 11.4 Å². The Hall–Kier alpha value is -0.730. The lowest BCUT2D eigenvalue weighted by Gasteiger charge is -2.03. The normalized spacial score (nSPS) is 11.8. The fraction of sp³-hybridized carbons (Fsp3) is 0.385. The van der Waals surface area contributed by atoms with E-state index in [9.17, 15) is 8.42 Å². The Labute approximate surface area is 127 Å². The van der Waals surface area contributed by atoms with E-state index in [-0.39, 0.29) is 0 Å². The molecule has 2 heterocycles. The van der Waals surface area contributed by atoms with E-state index in [0.29, 0.717) is 10.8 Å². The molecule has 0 fully saturated rings. The molecule has 4 nitrogen and oxygen atoms in total. The van der Waals surface area contributed by atoms with E-state index in [1.54, 1.807) is 17.4 Å². The van der Waals surface area contributed by atoms with Crippen LogP contribution in [0.5, 0.6) is 0 Å². The van der Waals surface area contributed by atoms with Gasteiger partial charge in [-0.3, -0.25) is 0 Å². The van der Waals surface area contributed by atoms with Crippen molar-refractivity contribution in [3.8, 4) is 0 Å². The van der Waals surface area contributed by atoms with Crippen molar-refractivity contribution < 1.29 is 8.42 Å². The third-order valence-electron chi connectivity index (χ3n) is 2.75. The van der Waals surface area contributed by atoms with Gasteiger partial charge in [-0.05, 0) is 54.0 Å². The van der Waals surface area contributed by atoms with Crippen molar-refractivity contribution in [3.05, 3.63) is 39.4 Å². The number of likely N-dealkylation sites (N-methyl/N-ethyl adjacent to an activating group) is 1. The molecule has 0 saturated carbocycles. The molecule has 0 spiro atoms. The summed E-state index contributed by atoms with van der Waals surface area (Å²) in [7, 11) is -3.39. The van der Waals surface area contributed by atoms with Gasteiger partial charge in [-0.2, -0.15) is 11.3 Å². The Morgan fingerprint density at radius 2 is 2.10 bits per heavy atom. The number of sulfonamides is 1. The number of hydrogen-bond acceptors (Lipinski definition) is 5. The maximum atomic E-state index is 12.2. The van der Waals surface area contributed by atoms with E-state index in [4.69, 9.17) is 0 Å². The summed E-state index contributed by atoms with van der Waals surface area (Å²) in [4.78, 5) is 1.09. The van der Waals surface area contributed by atoms with Gasteiger partial charge in [-0.25, -0.2) is 13.1 Å². The summed E-state index contributed by atoms with van der Waals surface area (Å²) in [6, 6.07) is 5.49. The van der Waals surface area contributed by atoms with Crippen molar-refractivity contribution in [3.63, 3.8) is 0 Å². The molecule has 2 N–H and O–H groups in total. The molecule has 20 heavy (non-hydrogen) atoms. The SMILES string of the molecule is CCNCCc1ccc(S(=O)(=O)NCc2ccsc2)s1. The van der Waals surface area contributed by atoms with Crippen LogP contribution in [0.1, 0.15) is 17.4 Å². The lowest BCUT2D eigenvalue weighted by atomic mass is 10.3. The third-order valence-corrected chi connectivity index (χ3v) is 6.52. The van der Waals surface area contributed by atoms with Crippen LogP contribution in [0.3, 0.4) is 0 Å². The second kappa shape index (κ2) is 7.33. The fourth-order valence-corrected chi connectivity index (χ4v) is 4.75. The van der Waals surface area contributed by atoms with Crippen LogP contribution in [-0.2, 0) is 23.0 Å². The minimum Gasteiger partial charge on any atom is -0.317 e. The molecule has 0 amide bonds. The van der Waals surface area contributed by atoms with Crippen molar-refractivity contribution in [2.24, 2.45) is 0 Å². The van der Waals surface area contributed by atoms with Gasteiger partial charge in [0.15, 0.2) is 0 Å². The molecule has 0 aliphatic carbocycles. The van der Waals surface area contributed by atoms with Gasteiger partial charge < -0.3 is 5.32 Å². The van der Waals surface area contributed by atoms with E-state index < -0.39 is 10.0 Å². The van der Waals surface area contributed by atoms with E-state index in [2.05, 4.69) is 17.0 Å². The van der Waals surface area contributed by atoms with Gasteiger partial charge in [0.25, 0.3) is 0 Å². The molecule has 0 saturated heterocycles. The second-order valence-electron chi connectivity index (χ2n) is 4.28. The summed E-state index contributed by atoms with van der Waals surface area (Å²) in [5.74, 6) is 0. The molecule has 0 unspecified atom stereocenters. The fourth-order valence-electron chi connectivity index (χ4n) is 1.67. The highest BCUT2D eigenvalue weighted by atomic mass is 32.2. The quantitative estimate of drug-likeness (QED) is 0.731. The predicted octanol–water partition coefficient (Wildman–Crippen LogP) is 2.44. The van der Waals surface area contributed by atoms with Crippen LogP contribution < -0.4 is 10.0 Å². The topological polar surface area (TPSA) is 58.2 Å². The molecule has 0 aliphatic rings. The molecule has 2 aromatic rings. The number of nitrogens with one attached hydrogen (secondary N) is 2. The smallest absolute Gasteiger partial charge is 0.250 e. The number of hydrogen-bond donors (Lipinski definition) is 2. The molecule has 2 aromatic heterocycles. The Balaban J connectivity index is 1.95. The second-order valence-corrected chi connectivity index (χ2v) is 8.22. The largest absolute Gasteiger partial charge is 0.317 e. The molecule has 2 rings (SSSR count). The van der Waals surface area contributed by atoms with E-state index in [1.165, 1.54) is 11.3 Å². The van der Waals surface area contributed by atoms with Crippen LogP contribution in [0.25, 0.3) is 0 Å². The molecular formula is C13H18N2O2S3. The van der Waals surface area contributed by atoms with E-state index in [0.717, 1.165) is 30.0 Å². The predicted molar refractivity (Wildman–Crippen MR) is 84.9 cm³/mol. The summed E-state index contributed by atoms with van der Waals surface area (Å²) in [5, 5.41) is 7.11. The molecular weight excluding hydrogens is 312 g/mol. The molecule has 0 bridgehead atoms. The zero-order valence-electron chi connectivity index (χ0n) is 11.3. The van der Waals surface area contributed by atoms with Gasteiger partial charge in [0.2, 0.25) is 10.0 Å². The van der Waals surface area contributed by atoms with Crippen LogP contribution in [0.15, 0.2) is 33.2 Å². The summed E-state index contributed by atoms with van der Waals surface area (Å²) < 4.78 is 27.3. The van der Waals surface area contributed by atoms with Gasteiger partial charge in [0.05, 0.1) is 0 Å². The average Bonchev–Trinajstić information content (AvgIpc) is 3.08. The summed E-state index contributed by atoms with van der Waals surface area (Å²) in [6.45, 7) is 4.20. The first-order chi connectivity index (χ1) is 9.62. The lowest BCUT2D eigenvalue weighted by Crippen LogP contribution is -2.22. The average molecular weight is 330 g/mol. The summed E-state index contributed by atoms with van der Waals surface area (Å²) >= 11 is 2.90. The minimum absolute atomic E-state index is 0.344. The molecule has 7 heteroatoms. The van der Waals surface area contributed by atoms with E-state index in [1.807, 2.05) is 22.9 Å². The van der Waals surface area contributed by atoms with Crippen molar-refractivity contribution in [1.29, 1.82) is 0 Å². The summed E-state index contributed by atoms with van der Waals surface area (Å²) in [6.07, 6.45) is 0.860. The highest BCUT2D eigenvalue weighted by Gasteiger charge is 2.16. The molecule has 0 atom stereocenters. The molecule has 0 aromatic carbocycles. The van der Waals surface area contributed by atoms with Crippen LogP contribution in [0.2, 0.25) is 0 Å². The first-order valence-corrected chi connectivity index (χ1v) is 9.66. The molecule has 110 valence electrons. The van der Waals surface area contributed by atoms with Gasteiger partial charge in [-0.15, -0.1) is 11.3 Å². The maximum Gasteiger partial charge on any atom is 0.250 e. The summed E-state index contributed by atoms with van der Waals surface area (Å²) in [5.41, 5.74) is 0.988. The maximum absolute atomic E-state index is 12.2. The highest BCUT2D eigenvalue weighted by Crippen LogP contribution is 2.22. The van der Waals surface area contributed by atoms with Crippen molar-refractivity contribution in [1.82, 2.24) is 10.0 Å². The number of rotatable bonds is 8. The van der Waals surface area contributed by atoms with Gasteiger partial charge in [0.1, 0.15) is 4.21 Å². The molecule has 0 radical (unpaired) electrons. The first kappa shape index (κ1) is 15.7. The standard InChI is InChI=1S/C13H18N2O2S3/c1-2-14-7-5-12-3-4-13(19-12)20(16,17)15-9-11-6-8-18-10-11/h3-4,6,8,10,14-15H,2,5,7,9H2,1H3. The Bertz CT molecular complexity index is 618. The van der Waals surface area contributed by atoms with Crippen LogP contribution in [0.4, 0.5) is 0 Å². The zero-order valence-corrected chi connectivity index (χ0v) is 13.7. The Kier molecular flexibility index (Phi) is 5.74. The Morgan fingerprint density at radius 3 is 2.80 bits per heavy atom. The first-order valence-electron chi connectivity index (χ1n) is 6.42. The minimum atomic E-state index is -3.39. The van der Waals surface area contributed by atoms with Crippen LogP contribution >= 0.6 is 22.7 Å². The van der Waals surface area contributed by atoms with Gasteiger partial charge >= 0.3 is 0 Å². The van der Waals surface area contributed by atoms with Crippen LogP contribution in [-0.4, -0.2) is 21.5 Å². The van der Waals surface area contributed by atoms with Crippen LogP contribution in [0, 0.1) is 0 Å². The highest BCUT2D eigenvalue weighted by molar-refractivity contribution is 7.91. The number of thiophene rings is 2. The zero-order chi connectivity index (χ0) is 14.4. The third kappa shape index (κ3) is 4.39. The monoisotopic (exact) mass is 330 g/mol. The molecule has 0 aliphatic heterocycles. The van der Waals surface area contributed by atoms with Crippen molar-refractivity contribution in [2.75, 3.05) is 13.1 Å². The van der Waals surface area contributed by atoms with Crippen molar-refractivity contribution in [2.45, 2.75) is 24.1 Å².